The maximum Gasteiger partial charge on any atom is 0.244 e. The van der Waals surface area contributed by atoms with Crippen LogP contribution >= 0.6 is 11.8 Å². The van der Waals surface area contributed by atoms with Gasteiger partial charge in [-0.15, -0.1) is 11.8 Å². The highest BCUT2D eigenvalue weighted by molar-refractivity contribution is 8.02. The summed E-state index contributed by atoms with van der Waals surface area (Å²) >= 11 is 1.71. The molecule has 1 spiro atoms. The van der Waals surface area contributed by atoms with Gasteiger partial charge in [0, 0.05) is 17.3 Å². The Morgan fingerprint density at radius 3 is 2.50 bits per heavy atom. The zero-order valence-corrected chi connectivity index (χ0v) is 22.1. The SMILES string of the molecule is CCCNC(=O)[C@H]1[C@H]2C(=O)N([C@@H](CO)[C@@H](C)CC)C(C(=O)NC3CCCCC3)C23CC[C@]1(C)S3. The van der Waals surface area contributed by atoms with Gasteiger partial charge < -0.3 is 20.6 Å². The van der Waals surface area contributed by atoms with Crippen molar-refractivity contribution in [1.29, 1.82) is 0 Å². The molecule has 1 saturated carbocycles. The van der Waals surface area contributed by atoms with Crippen LogP contribution in [0.1, 0.15) is 85.5 Å². The molecule has 1 aliphatic carbocycles. The molecule has 3 amide bonds. The number of likely N-dealkylation sites (tertiary alicyclic amines) is 1. The quantitative estimate of drug-likeness (QED) is 0.459. The Kier molecular flexibility index (Phi) is 7.59. The Hall–Kier alpha value is -1.28. The van der Waals surface area contributed by atoms with E-state index in [4.69, 9.17) is 0 Å². The van der Waals surface area contributed by atoms with Gasteiger partial charge in [0.1, 0.15) is 6.04 Å². The predicted molar refractivity (Wildman–Crippen MR) is 134 cm³/mol. The molecule has 4 fully saturated rings. The van der Waals surface area contributed by atoms with E-state index in [0.717, 1.165) is 51.4 Å². The van der Waals surface area contributed by atoms with Gasteiger partial charge in [0.15, 0.2) is 0 Å². The third-order valence-electron chi connectivity index (χ3n) is 9.09. The lowest BCUT2D eigenvalue weighted by atomic mass is 9.66. The molecular formula is C26H43N3O4S. The number of fused-ring (bicyclic) bond motifs is 1. The van der Waals surface area contributed by atoms with Gasteiger partial charge in [0.2, 0.25) is 17.7 Å². The van der Waals surface area contributed by atoms with Crippen molar-refractivity contribution in [2.24, 2.45) is 17.8 Å². The summed E-state index contributed by atoms with van der Waals surface area (Å²) < 4.78 is -0.960. The van der Waals surface area contributed by atoms with Crippen LogP contribution < -0.4 is 10.6 Å². The van der Waals surface area contributed by atoms with Gasteiger partial charge in [0.25, 0.3) is 0 Å². The first-order chi connectivity index (χ1) is 16.2. The second-order valence-corrected chi connectivity index (χ2v) is 13.1. The van der Waals surface area contributed by atoms with E-state index in [9.17, 15) is 19.5 Å². The lowest BCUT2D eigenvalue weighted by molar-refractivity contribution is -0.144. The third-order valence-corrected chi connectivity index (χ3v) is 11.1. The number of aliphatic hydroxyl groups excluding tert-OH is 1. The molecule has 3 N–H and O–H groups in total. The summed E-state index contributed by atoms with van der Waals surface area (Å²) in [5.74, 6) is -1.18. The first-order valence-electron chi connectivity index (χ1n) is 13.4. The van der Waals surface area contributed by atoms with Crippen LogP contribution in [0.4, 0.5) is 0 Å². The van der Waals surface area contributed by atoms with Crippen molar-refractivity contribution in [3.05, 3.63) is 0 Å². The van der Waals surface area contributed by atoms with Gasteiger partial charge in [-0.05, 0) is 44.9 Å². The highest BCUT2D eigenvalue weighted by atomic mass is 32.2. The normalized spacial score (nSPS) is 36.9. The van der Waals surface area contributed by atoms with Gasteiger partial charge in [-0.1, -0.05) is 46.5 Å². The molecule has 0 aromatic rings. The van der Waals surface area contributed by atoms with E-state index < -0.39 is 28.7 Å². The van der Waals surface area contributed by atoms with Crippen molar-refractivity contribution < 1.29 is 19.5 Å². The van der Waals surface area contributed by atoms with Crippen molar-refractivity contribution in [2.75, 3.05) is 13.2 Å². The Morgan fingerprint density at radius 1 is 1.18 bits per heavy atom. The van der Waals surface area contributed by atoms with E-state index >= 15 is 0 Å². The fraction of sp³-hybridized carbons (Fsp3) is 0.885. The van der Waals surface area contributed by atoms with Crippen molar-refractivity contribution in [3.8, 4) is 0 Å². The number of nitrogens with one attached hydrogen (secondary N) is 2. The number of hydrogen-bond donors (Lipinski definition) is 3. The molecule has 3 aliphatic heterocycles. The number of hydrogen-bond acceptors (Lipinski definition) is 5. The van der Waals surface area contributed by atoms with Crippen molar-refractivity contribution in [3.63, 3.8) is 0 Å². The van der Waals surface area contributed by atoms with Crippen LogP contribution in [0.2, 0.25) is 0 Å². The number of carbonyl (C=O) groups excluding carboxylic acids is 3. The molecule has 2 unspecified atom stereocenters. The zero-order chi connectivity index (χ0) is 24.7. The minimum atomic E-state index is -0.645. The van der Waals surface area contributed by atoms with E-state index in [0.29, 0.717) is 6.54 Å². The fourth-order valence-corrected chi connectivity index (χ4v) is 9.46. The molecule has 0 aromatic heterocycles. The van der Waals surface area contributed by atoms with Crippen LogP contribution in [-0.2, 0) is 14.4 Å². The Morgan fingerprint density at radius 2 is 1.88 bits per heavy atom. The van der Waals surface area contributed by atoms with Crippen LogP contribution in [0.5, 0.6) is 0 Å². The first-order valence-corrected chi connectivity index (χ1v) is 14.3. The summed E-state index contributed by atoms with van der Waals surface area (Å²) in [6.07, 6.45) is 8.60. The van der Waals surface area contributed by atoms with E-state index in [-0.39, 0.29) is 41.0 Å². The molecule has 4 rings (SSSR count). The lowest BCUT2D eigenvalue weighted by Gasteiger charge is -2.40. The summed E-state index contributed by atoms with van der Waals surface area (Å²) in [5, 5.41) is 16.7. The standard InChI is InChI=1S/C26H43N3O4S/c1-5-14-27-22(31)19-20-24(33)29(18(15-30)16(3)6-2)21(26(20)13-12-25(19,4)34-26)23(32)28-17-10-8-7-9-11-17/h16-21,30H,5-15H2,1-4H3,(H,27,31)(H,28,32)/t16-,18-,19+,20-,21?,25-,26?/m0/s1. The largest absolute Gasteiger partial charge is 0.394 e. The molecule has 7 nitrogen and oxygen atoms in total. The number of rotatable bonds is 9. The summed E-state index contributed by atoms with van der Waals surface area (Å²) in [5.41, 5.74) is 0. The summed E-state index contributed by atoms with van der Waals surface area (Å²) in [6.45, 7) is 8.62. The molecule has 7 atom stereocenters. The second-order valence-electron chi connectivity index (χ2n) is 11.2. The summed E-state index contributed by atoms with van der Waals surface area (Å²) in [6, 6.07) is -0.923. The molecular weight excluding hydrogens is 450 g/mol. The Bertz CT molecular complexity index is 803. The number of aliphatic hydroxyl groups is 1. The topological polar surface area (TPSA) is 98.7 Å². The average Bonchev–Trinajstić information content (AvgIpc) is 3.39. The molecule has 3 heterocycles. The van der Waals surface area contributed by atoms with Crippen LogP contribution in [0.15, 0.2) is 0 Å². The molecule has 2 bridgehead atoms. The third kappa shape index (κ3) is 4.06. The average molecular weight is 494 g/mol. The highest BCUT2D eigenvalue weighted by Crippen LogP contribution is 2.71. The Balaban J connectivity index is 1.73. The minimum absolute atomic E-state index is 0.0549. The molecule has 4 aliphatic rings. The maximum absolute atomic E-state index is 14.2. The molecule has 192 valence electrons. The molecule has 8 heteroatoms. The zero-order valence-electron chi connectivity index (χ0n) is 21.3. The van der Waals surface area contributed by atoms with E-state index in [1.807, 2.05) is 20.8 Å². The van der Waals surface area contributed by atoms with Crippen LogP contribution in [0.3, 0.4) is 0 Å². The lowest BCUT2D eigenvalue weighted by Crippen LogP contribution is -2.59. The van der Waals surface area contributed by atoms with Crippen molar-refractivity contribution in [1.82, 2.24) is 15.5 Å². The van der Waals surface area contributed by atoms with E-state index in [1.165, 1.54) is 6.42 Å². The fourth-order valence-electron chi connectivity index (χ4n) is 7.12. The smallest absolute Gasteiger partial charge is 0.244 e. The highest BCUT2D eigenvalue weighted by Gasteiger charge is 2.77. The minimum Gasteiger partial charge on any atom is -0.394 e. The predicted octanol–water partition coefficient (Wildman–Crippen LogP) is 2.85. The molecule has 0 radical (unpaired) electrons. The number of amides is 3. The van der Waals surface area contributed by atoms with Crippen LogP contribution in [-0.4, -0.2) is 68.5 Å². The molecule has 34 heavy (non-hydrogen) atoms. The molecule has 0 aromatic carbocycles. The number of carbonyl (C=O) groups is 3. The van der Waals surface area contributed by atoms with E-state index in [1.54, 1.807) is 16.7 Å². The summed E-state index contributed by atoms with van der Waals surface area (Å²) in [7, 11) is 0. The van der Waals surface area contributed by atoms with Crippen LogP contribution in [0, 0.1) is 17.8 Å². The Labute approximate surface area is 208 Å². The summed E-state index contributed by atoms with van der Waals surface area (Å²) in [4.78, 5) is 43.2. The van der Waals surface area contributed by atoms with Crippen molar-refractivity contribution in [2.45, 2.75) is 113 Å². The van der Waals surface area contributed by atoms with Gasteiger partial charge in [-0.2, -0.15) is 0 Å². The molecule has 3 saturated heterocycles. The van der Waals surface area contributed by atoms with Gasteiger partial charge in [-0.3, -0.25) is 14.4 Å². The van der Waals surface area contributed by atoms with Crippen molar-refractivity contribution >= 4 is 29.5 Å². The number of nitrogens with zero attached hydrogens (tertiary/aromatic N) is 1. The second kappa shape index (κ2) is 10.00. The number of thioether (sulfide) groups is 1. The van der Waals surface area contributed by atoms with Gasteiger partial charge in [0.05, 0.1) is 29.2 Å². The maximum atomic E-state index is 14.2. The first kappa shape index (κ1) is 25.8. The van der Waals surface area contributed by atoms with Gasteiger partial charge in [-0.25, -0.2) is 0 Å². The monoisotopic (exact) mass is 493 g/mol. The van der Waals surface area contributed by atoms with Gasteiger partial charge >= 0.3 is 0 Å². The van der Waals surface area contributed by atoms with E-state index in [2.05, 4.69) is 17.6 Å². The van der Waals surface area contributed by atoms with Crippen LogP contribution in [0.25, 0.3) is 0 Å².